The third-order valence-corrected chi connectivity index (χ3v) is 5.09. The molecule has 2 aliphatic heterocycles. The summed E-state index contributed by atoms with van der Waals surface area (Å²) in [5, 5.41) is 7.48. The number of benzene rings is 2. The fourth-order valence-corrected chi connectivity index (χ4v) is 3.69. The van der Waals surface area contributed by atoms with Crippen molar-refractivity contribution < 1.29 is 9.63 Å². The minimum Gasteiger partial charge on any atom is -0.390 e. The largest absolute Gasteiger partial charge is 0.390 e. The van der Waals surface area contributed by atoms with Gasteiger partial charge in [-0.05, 0) is 30.2 Å². The van der Waals surface area contributed by atoms with Crippen molar-refractivity contribution in [3.63, 3.8) is 0 Å². The predicted octanol–water partition coefficient (Wildman–Crippen LogP) is 3.21. The number of carbonyl (C=O) groups is 1. The summed E-state index contributed by atoms with van der Waals surface area (Å²) in [4.78, 5) is 20.4. The zero-order chi connectivity index (χ0) is 17.9. The Bertz CT molecular complexity index is 825. The first-order valence-electron chi connectivity index (χ1n) is 8.76. The molecule has 2 atom stereocenters. The maximum atomic E-state index is 12.6. The van der Waals surface area contributed by atoms with E-state index in [0.29, 0.717) is 16.4 Å². The molecular formula is C20H20ClN3O2. The van der Waals surface area contributed by atoms with Crippen molar-refractivity contribution in [2.24, 2.45) is 11.1 Å². The molecule has 6 heteroatoms. The Morgan fingerprint density at radius 1 is 1.19 bits per heavy atom. The molecule has 1 saturated heterocycles. The third-order valence-electron chi connectivity index (χ3n) is 4.85. The van der Waals surface area contributed by atoms with E-state index in [4.69, 9.17) is 16.4 Å². The van der Waals surface area contributed by atoms with Crippen molar-refractivity contribution >= 4 is 28.9 Å². The Morgan fingerprint density at radius 2 is 2.04 bits per heavy atom. The maximum absolute atomic E-state index is 12.6. The lowest BCUT2D eigenvalue weighted by Gasteiger charge is -2.16. The van der Waals surface area contributed by atoms with E-state index in [9.17, 15) is 4.79 Å². The molecule has 5 nitrogen and oxygen atoms in total. The number of halogens is 1. The molecule has 0 spiro atoms. The van der Waals surface area contributed by atoms with Crippen LogP contribution in [0.2, 0.25) is 5.02 Å². The second-order valence-corrected chi connectivity index (χ2v) is 7.12. The normalized spacial score (nSPS) is 21.8. The average Bonchev–Trinajstić information content (AvgIpc) is 3.21. The summed E-state index contributed by atoms with van der Waals surface area (Å²) in [6.07, 6.45) is 0.951. The number of fused-ring (bicyclic) bond motifs is 1. The molecule has 0 bridgehead atoms. The van der Waals surface area contributed by atoms with Crippen LogP contribution in [0.15, 0.2) is 59.8 Å². The van der Waals surface area contributed by atoms with Crippen LogP contribution >= 0.6 is 11.6 Å². The molecule has 2 aromatic carbocycles. The lowest BCUT2D eigenvalue weighted by Crippen LogP contribution is -2.32. The summed E-state index contributed by atoms with van der Waals surface area (Å²) in [5.74, 6) is -0.199. The van der Waals surface area contributed by atoms with Crippen LogP contribution in [-0.2, 0) is 16.1 Å². The third kappa shape index (κ3) is 3.74. The standard InChI is InChI=1S/C20H20ClN3O2/c21-15-7-4-8-16(11-15)22-20(25)19-17-12-24(13-18(17)26-23-19)10-9-14-5-2-1-3-6-14/h1-8,11,17-18H,9-10,12-13H2,(H,22,25)/t17-,18+/m0/s1. The van der Waals surface area contributed by atoms with E-state index in [2.05, 4.69) is 39.6 Å². The fourth-order valence-electron chi connectivity index (χ4n) is 3.50. The molecule has 0 aromatic heterocycles. The fraction of sp³-hybridized carbons (Fsp3) is 0.300. The van der Waals surface area contributed by atoms with Crippen LogP contribution < -0.4 is 5.32 Å². The maximum Gasteiger partial charge on any atom is 0.273 e. The van der Waals surface area contributed by atoms with Crippen molar-refractivity contribution in [3.8, 4) is 0 Å². The van der Waals surface area contributed by atoms with Gasteiger partial charge in [0, 0.05) is 30.3 Å². The van der Waals surface area contributed by atoms with Gasteiger partial charge in [0.15, 0.2) is 5.71 Å². The molecule has 2 heterocycles. The lowest BCUT2D eigenvalue weighted by atomic mass is 10.0. The van der Waals surface area contributed by atoms with Crippen molar-refractivity contribution in [1.82, 2.24) is 4.90 Å². The van der Waals surface area contributed by atoms with Crippen LogP contribution in [0, 0.1) is 5.92 Å². The highest BCUT2D eigenvalue weighted by atomic mass is 35.5. The average molecular weight is 370 g/mol. The molecule has 1 N–H and O–H groups in total. The number of amides is 1. The molecule has 2 aromatic rings. The lowest BCUT2D eigenvalue weighted by molar-refractivity contribution is -0.110. The van der Waals surface area contributed by atoms with Crippen LogP contribution in [0.5, 0.6) is 0 Å². The Labute approximate surface area is 157 Å². The van der Waals surface area contributed by atoms with E-state index in [1.54, 1.807) is 24.3 Å². The van der Waals surface area contributed by atoms with Gasteiger partial charge < -0.3 is 10.2 Å². The minimum absolute atomic E-state index is 0.0185. The number of nitrogens with zero attached hydrogens (tertiary/aromatic N) is 2. The number of oxime groups is 1. The highest BCUT2D eigenvalue weighted by molar-refractivity contribution is 6.44. The monoisotopic (exact) mass is 369 g/mol. The van der Waals surface area contributed by atoms with Crippen LogP contribution in [0.25, 0.3) is 0 Å². The quantitative estimate of drug-likeness (QED) is 0.880. The van der Waals surface area contributed by atoms with E-state index in [1.807, 2.05) is 6.07 Å². The highest BCUT2D eigenvalue weighted by Crippen LogP contribution is 2.28. The number of anilines is 1. The second kappa shape index (κ2) is 7.48. The summed E-state index contributed by atoms with van der Waals surface area (Å²) in [5.41, 5.74) is 2.45. The summed E-state index contributed by atoms with van der Waals surface area (Å²) in [7, 11) is 0. The van der Waals surface area contributed by atoms with Crippen molar-refractivity contribution in [3.05, 3.63) is 65.2 Å². The molecule has 1 amide bonds. The molecule has 1 fully saturated rings. The van der Waals surface area contributed by atoms with Gasteiger partial charge in [-0.15, -0.1) is 0 Å². The molecule has 4 rings (SSSR count). The smallest absolute Gasteiger partial charge is 0.273 e. The zero-order valence-corrected chi connectivity index (χ0v) is 15.0. The first-order valence-corrected chi connectivity index (χ1v) is 9.14. The molecule has 134 valence electrons. The molecule has 2 aliphatic rings. The first-order chi connectivity index (χ1) is 12.7. The molecule has 26 heavy (non-hydrogen) atoms. The number of carbonyl (C=O) groups excluding carboxylic acids is 1. The second-order valence-electron chi connectivity index (χ2n) is 6.69. The van der Waals surface area contributed by atoms with Gasteiger partial charge in [0.2, 0.25) is 0 Å². The van der Waals surface area contributed by atoms with Crippen LogP contribution in [0.4, 0.5) is 5.69 Å². The van der Waals surface area contributed by atoms with E-state index in [1.165, 1.54) is 5.56 Å². The summed E-state index contributed by atoms with van der Waals surface area (Å²) in [6.45, 7) is 2.54. The molecule has 0 aliphatic carbocycles. The van der Waals surface area contributed by atoms with Crippen molar-refractivity contribution in [2.75, 3.05) is 25.0 Å². The van der Waals surface area contributed by atoms with Crippen LogP contribution in [-0.4, -0.2) is 42.3 Å². The van der Waals surface area contributed by atoms with Crippen LogP contribution in [0.1, 0.15) is 5.56 Å². The van der Waals surface area contributed by atoms with Gasteiger partial charge in [0.1, 0.15) is 6.10 Å². The van der Waals surface area contributed by atoms with E-state index in [0.717, 1.165) is 26.1 Å². The SMILES string of the molecule is O=C(Nc1cccc(Cl)c1)C1=NO[C@@H]2CN(CCc3ccccc3)C[C@H]12. The van der Waals surface area contributed by atoms with Crippen LogP contribution in [0.3, 0.4) is 0 Å². The van der Waals surface area contributed by atoms with Gasteiger partial charge in [-0.1, -0.05) is 53.2 Å². The summed E-state index contributed by atoms with van der Waals surface area (Å²) < 4.78 is 0. The number of rotatable bonds is 5. The summed E-state index contributed by atoms with van der Waals surface area (Å²) >= 11 is 5.97. The van der Waals surface area contributed by atoms with Gasteiger partial charge in [0.25, 0.3) is 5.91 Å². The van der Waals surface area contributed by atoms with E-state index < -0.39 is 0 Å². The van der Waals surface area contributed by atoms with E-state index >= 15 is 0 Å². The van der Waals surface area contributed by atoms with Gasteiger partial charge in [-0.25, -0.2) is 0 Å². The Morgan fingerprint density at radius 3 is 2.85 bits per heavy atom. The van der Waals surface area contributed by atoms with E-state index in [-0.39, 0.29) is 17.9 Å². The Kier molecular flexibility index (Phi) is 4.91. The van der Waals surface area contributed by atoms with Gasteiger partial charge >= 0.3 is 0 Å². The van der Waals surface area contributed by atoms with Crippen molar-refractivity contribution in [1.29, 1.82) is 0 Å². The highest BCUT2D eigenvalue weighted by Gasteiger charge is 2.44. The van der Waals surface area contributed by atoms with Gasteiger partial charge in [0.05, 0.1) is 5.92 Å². The number of hydrogen-bond donors (Lipinski definition) is 1. The van der Waals surface area contributed by atoms with Gasteiger partial charge in [-0.3, -0.25) is 9.69 Å². The molecular weight excluding hydrogens is 350 g/mol. The number of nitrogens with one attached hydrogen (secondary N) is 1. The summed E-state index contributed by atoms with van der Waals surface area (Å²) in [6, 6.07) is 17.5. The topological polar surface area (TPSA) is 53.9 Å². The number of likely N-dealkylation sites (tertiary alicyclic amines) is 1. The number of hydrogen-bond acceptors (Lipinski definition) is 4. The molecule has 0 unspecified atom stereocenters. The van der Waals surface area contributed by atoms with Gasteiger partial charge in [-0.2, -0.15) is 0 Å². The molecule has 0 saturated carbocycles. The first kappa shape index (κ1) is 17.1. The Hall–Kier alpha value is -2.37. The zero-order valence-electron chi connectivity index (χ0n) is 14.3. The van der Waals surface area contributed by atoms with Crippen molar-refractivity contribution in [2.45, 2.75) is 12.5 Å². The minimum atomic E-state index is -0.218. The molecule has 0 radical (unpaired) electrons. The Balaban J connectivity index is 1.35. The predicted molar refractivity (Wildman–Crippen MR) is 102 cm³/mol.